The van der Waals surface area contributed by atoms with Gasteiger partial charge in [-0.05, 0) is 25.2 Å². The first-order valence-corrected chi connectivity index (χ1v) is 8.72. The third-order valence-corrected chi connectivity index (χ3v) is 3.93. The van der Waals surface area contributed by atoms with Gasteiger partial charge in [0.15, 0.2) is 5.96 Å². The van der Waals surface area contributed by atoms with Crippen LogP contribution in [0.5, 0.6) is 0 Å². The van der Waals surface area contributed by atoms with E-state index < -0.39 is 18.6 Å². The fourth-order valence-electron chi connectivity index (χ4n) is 2.42. The minimum Gasteiger partial charge on any atom is -0.381 e. The molecule has 10 heteroatoms. The van der Waals surface area contributed by atoms with Crippen molar-refractivity contribution in [2.75, 3.05) is 60.2 Å². The van der Waals surface area contributed by atoms with Crippen LogP contribution in [0, 0.1) is 5.92 Å². The average molecular weight is 382 g/mol. The molecule has 2 N–H and O–H groups in total. The highest BCUT2D eigenvalue weighted by Crippen LogP contribution is 2.15. The molecule has 0 saturated carbocycles. The van der Waals surface area contributed by atoms with Gasteiger partial charge in [0.2, 0.25) is 5.91 Å². The van der Waals surface area contributed by atoms with Crippen molar-refractivity contribution >= 4 is 11.9 Å². The first-order chi connectivity index (χ1) is 12.3. The second kappa shape index (κ2) is 11.9. The largest absolute Gasteiger partial charge is 0.406 e. The molecule has 0 radical (unpaired) electrons. The van der Waals surface area contributed by atoms with Crippen LogP contribution in [0.1, 0.15) is 19.3 Å². The lowest BCUT2D eigenvalue weighted by Gasteiger charge is -2.21. The minimum atomic E-state index is -4.41. The van der Waals surface area contributed by atoms with E-state index in [0.717, 1.165) is 46.1 Å². The quantitative estimate of drug-likeness (QED) is 0.354. The van der Waals surface area contributed by atoms with Crippen LogP contribution in [0.2, 0.25) is 0 Å². The predicted octanol–water partition coefficient (Wildman–Crippen LogP) is 1.01. The SMILES string of the molecule is CN=C(NCCCOCC1CCOCC1)NCC(=O)N(C)CC(F)(F)F. The Labute approximate surface area is 152 Å². The summed E-state index contributed by atoms with van der Waals surface area (Å²) in [4.78, 5) is 16.2. The number of carbonyl (C=O) groups excluding carboxylic acids is 1. The van der Waals surface area contributed by atoms with E-state index in [4.69, 9.17) is 9.47 Å². The number of nitrogens with zero attached hydrogens (tertiary/aromatic N) is 2. The zero-order chi connectivity index (χ0) is 19.4. The maximum Gasteiger partial charge on any atom is 0.406 e. The van der Waals surface area contributed by atoms with Crippen molar-refractivity contribution in [3.05, 3.63) is 0 Å². The van der Waals surface area contributed by atoms with E-state index in [1.807, 2.05) is 0 Å². The number of ether oxygens (including phenoxy) is 2. The number of aliphatic imine (C=N–C) groups is 1. The van der Waals surface area contributed by atoms with Gasteiger partial charge in [0.05, 0.1) is 6.54 Å². The third kappa shape index (κ3) is 10.4. The number of nitrogens with one attached hydrogen (secondary N) is 2. The molecule has 0 atom stereocenters. The van der Waals surface area contributed by atoms with E-state index in [9.17, 15) is 18.0 Å². The molecule has 1 rings (SSSR count). The van der Waals surface area contributed by atoms with E-state index in [0.29, 0.717) is 29.9 Å². The van der Waals surface area contributed by atoms with Gasteiger partial charge in [0, 0.05) is 47.1 Å². The molecule has 1 fully saturated rings. The first-order valence-electron chi connectivity index (χ1n) is 8.72. The molecule has 1 amide bonds. The third-order valence-electron chi connectivity index (χ3n) is 3.93. The van der Waals surface area contributed by atoms with Crippen molar-refractivity contribution in [1.82, 2.24) is 15.5 Å². The number of halogens is 3. The van der Waals surface area contributed by atoms with Crippen LogP contribution in [0.15, 0.2) is 4.99 Å². The Balaban J connectivity index is 2.10. The molecule has 1 heterocycles. The molecule has 0 aromatic rings. The van der Waals surface area contributed by atoms with Crippen LogP contribution in [-0.2, 0) is 14.3 Å². The number of hydrogen-bond acceptors (Lipinski definition) is 4. The van der Waals surface area contributed by atoms with Crippen molar-refractivity contribution in [2.45, 2.75) is 25.4 Å². The lowest BCUT2D eigenvalue weighted by Crippen LogP contribution is -2.45. The van der Waals surface area contributed by atoms with E-state index in [-0.39, 0.29) is 6.54 Å². The standard InChI is InChI=1S/C16H29F3N4O3/c1-20-15(22-10-14(24)23(2)12-16(17,18)19)21-6-3-7-26-11-13-4-8-25-9-5-13/h13H,3-12H2,1-2H3,(H2,20,21,22). The molecule has 26 heavy (non-hydrogen) atoms. The number of alkyl halides is 3. The van der Waals surface area contributed by atoms with Crippen LogP contribution < -0.4 is 10.6 Å². The maximum absolute atomic E-state index is 12.3. The van der Waals surface area contributed by atoms with Crippen LogP contribution in [0.4, 0.5) is 13.2 Å². The number of amides is 1. The van der Waals surface area contributed by atoms with Crippen molar-refractivity contribution in [3.8, 4) is 0 Å². The van der Waals surface area contributed by atoms with Gasteiger partial charge in [-0.1, -0.05) is 0 Å². The monoisotopic (exact) mass is 382 g/mol. The summed E-state index contributed by atoms with van der Waals surface area (Å²) in [7, 11) is 2.64. The van der Waals surface area contributed by atoms with E-state index in [2.05, 4.69) is 15.6 Å². The Morgan fingerprint density at radius 2 is 2.00 bits per heavy atom. The fraction of sp³-hybridized carbons (Fsp3) is 0.875. The Kier molecular flexibility index (Phi) is 10.3. The van der Waals surface area contributed by atoms with Crippen LogP contribution in [-0.4, -0.2) is 83.1 Å². The van der Waals surface area contributed by atoms with Gasteiger partial charge >= 0.3 is 6.18 Å². The second-order valence-corrected chi connectivity index (χ2v) is 6.20. The molecule has 1 saturated heterocycles. The lowest BCUT2D eigenvalue weighted by atomic mass is 10.0. The number of guanidine groups is 1. The average Bonchev–Trinajstić information content (AvgIpc) is 2.59. The molecule has 1 aliphatic heterocycles. The lowest BCUT2D eigenvalue weighted by molar-refractivity contribution is -0.157. The summed E-state index contributed by atoms with van der Waals surface area (Å²) in [5.74, 6) is 0.263. The fourth-order valence-corrected chi connectivity index (χ4v) is 2.42. The molecule has 0 aromatic heterocycles. The summed E-state index contributed by atoms with van der Waals surface area (Å²) in [6, 6.07) is 0. The number of likely N-dealkylation sites (N-methyl/N-ethyl adjacent to an activating group) is 1. The molecule has 152 valence electrons. The van der Waals surface area contributed by atoms with Gasteiger partial charge in [-0.15, -0.1) is 0 Å². The van der Waals surface area contributed by atoms with Gasteiger partial charge < -0.3 is 25.0 Å². The second-order valence-electron chi connectivity index (χ2n) is 6.20. The van der Waals surface area contributed by atoms with Crippen LogP contribution in [0.25, 0.3) is 0 Å². The van der Waals surface area contributed by atoms with Gasteiger partial charge in [0.25, 0.3) is 0 Å². The van der Waals surface area contributed by atoms with Crippen molar-refractivity contribution in [1.29, 1.82) is 0 Å². The van der Waals surface area contributed by atoms with Crippen molar-refractivity contribution < 1.29 is 27.4 Å². The summed E-state index contributed by atoms with van der Waals surface area (Å²) in [6.07, 6.45) is -1.59. The Morgan fingerprint density at radius 1 is 1.31 bits per heavy atom. The summed E-state index contributed by atoms with van der Waals surface area (Å²) >= 11 is 0. The van der Waals surface area contributed by atoms with E-state index in [1.54, 1.807) is 0 Å². The number of carbonyl (C=O) groups is 1. The highest BCUT2D eigenvalue weighted by Gasteiger charge is 2.31. The first kappa shape index (κ1) is 22.5. The number of hydrogen-bond donors (Lipinski definition) is 2. The Bertz CT molecular complexity index is 441. The Hall–Kier alpha value is -1.55. The normalized spacial score (nSPS) is 16.4. The van der Waals surface area contributed by atoms with Gasteiger partial charge in [-0.25, -0.2) is 0 Å². The molecule has 0 aliphatic carbocycles. The molecule has 7 nitrogen and oxygen atoms in total. The summed E-state index contributed by atoms with van der Waals surface area (Å²) in [5.41, 5.74) is 0. The van der Waals surface area contributed by atoms with Crippen LogP contribution in [0.3, 0.4) is 0 Å². The summed E-state index contributed by atoms with van der Waals surface area (Å²) < 4.78 is 47.7. The topological polar surface area (TPSA) is 75.2 Å². The molecule has 0 bridgehead atoms. The van der Waals surface area contributed by atoms with Crippen LogP contribution >= 0.6 is 0 Å². The minimum absolute atomic E-state index is 0.257. The maximum atomic E-state index is 12.3. The summed E-state index contributed by atoms with van der Waals surface area (Å²) in [5, 5.41) is 5.70. The van der Waals surface area contributed by atoms with Gasteiger partial charge in [-0.3, -0.25) is 9.79 Å². The number of rotatable bonds is 9. The zero-order valence-corrected chi connectivity index (χ0v) is 15.4. The van der Waals surface area contributed by atoms with E-state index in [1.165, 1.54) is 7.05 Å². The van der Waals surface area contributed by atoms with Crippen molar-refractivity contribution in [3.63, 3.8) is 0 Å². The zero-order valence-electron chi connectivity index (χ0n) is 15.4. The highest BCUT2D eigenvalue weighted by molar-refractivity contribution is 5.86. The molecule has 0 aromatic carbocycles. The molecular formula is C16H29F3N4O3. The summed E-state index contributed by atoms with van der Waals surface area (Å²) in [6.45, 7) is 1.99. The molecule has 0 spiro atoms. The predicted molar refractivity (Wildman–Crippen MR) is 92.0 cm³/mol. The Morgan fingerprint density at radius 3 is 2.62 bits per heavy atom. The highest BCUT2D eigenvalue weighted by atomic mass is 19.4. The molecule has 1 aliphatic rings. The van der Waals surface area contributed by atoms with Crippen molar-refractivity contribution in [2.24, 2.45) is 10.9 Å². The molecule has 0 unspecified atom stereocenters. The smallest absolute Gasteiger partial charge is 0.381 e. The van der Waals surface area contributed by atoms with E-state index >= 15 is 0 Å². The van der Waals surface area contributed by atoms with Gasteiger partial charge in [0.1, 0.15) is 6.54 Å². The van der Waals surface area contributed by atoms with Gasteiger partial charge in [-0.2, -0.15) is 13.2 Å². The molecular weight excluding hydrogens is 353 g/mol.